The fourth-order valence-electron chi connectivity index (χ4n) is 3.36. The SMILES string of the molecule is OCCOCCOCCOC(CO)COCc1ccccc1.OCCOCCOCCOCC(O)COCc1ccccc1. The second-order valence-corrected chi connectivity index (χ2v) is 9.30. The molecule has 0 saturated heterocycles. The molecule has 0 spiro atoms. The lowest BCUT2D eigenvalue weighted by molar-refractivity contribution is -0.0657. The van der Waals surface area contributed by atoms with Gasteiger partial charge in [0, 0.05) is 0 Å². The van der Waals surface area contributed by atoms with Crippen molar-refractivity contribution in [2.45, 2.75) is 25.4 Å². The summed E-state index contributed by atoms with van der Waals surface area (Å²) in [6.07, 6.45) is -0.991. The van der Waals surface area contributed by atoms with Gasteiger partial charge in [-0.2, -0.15) is 0 Å². The Morgan fingerprint density at radius 1 is 0.455 bits per heavy atom. The Balaban J connectivity index is 0.000000440. The van der Waals surface area contributed by atoms with E-state index in [0.717, 1.165) is 11.1 Å². The highest BCUT2D eigenvalue weighted by atomic mass is 16.6. The zero-order valence-corrected chi connectivity index (χ0v) is 25.7. The first kappa shape index (κ1) is 40.0. The third-order valence-electron chi connectivity index (χ3n) is 5.52. The van der Waals surface area contributed by atoms with E-state index in [-0.39, 0.29) is 39.1 Å². The summed E-state index contributed by atoms with van der Waals surface area (Å²) in [7, 11) is 0. The van der Waals surface area contributed by atoms with Gasteiger partial charge in [0.05, 0.1) is 119 Å². The van der Waals surface area contributed by atoms with E-state index in [1.807, 2.05) is 60.7 Å². The summed E-state index contributed by atoms with van der Waals surface area (Å²) in [5.74, 6) is 0. The summed E-state index contributed by atoms with van der Waals surface area (Å²) in [6, 6.07) is 19.7. The van der Waals surface area contributed by atoms with Crippen LogP contribution in [0.25, 0.3) is 0 Å². The van der Waals surface area contributed by atoms with E-state index in [2.05, 4.69) is 0 Å². The molecule has 2 aromatic rings. The minimum absolute atomic E-state index is 0.0181. The van der Waals surface area contributed by atoms with Crippen LogP contribution in [0.2, 0.25) is 0 Å². The van der Waals surface area contributed by atoms with Crippen LogP contribution in [-0.2, 0) is 51.1 Å². The predicted octanol–water partition coefficient (Wildman–Crippen LogP) is 1.21. The topological polar surface area (TPSA) is 155 Å². The van der Waals surface area contributed by atoms with Crippen LogP contribution in [0.15, 0.2) is 60.7 Å². The van der Waals surface area contributed by atoms with Crippen molar-refractivity contribution in [2.24, 2.45) is 0 Å². The Morgan fingerprint density at radius 2 is 0.864 bits per heavy atom. The Labute approximate surface area is 261 Å². The van der Waals surface area contributed by atoms with E-state index in [9.17, 15) is 10.2 Å². The van der Waals surface area contributed by atoms with Gasteiger partial charge < -0.3 is 58.3 Å². The molecule has 2 aromatic carbocycles. The van der Waals surface area contributed by atoms with Crippen molar-refractivity contribution < 1.29 is 58.3 Å². The second kappa shape index (κ2) is 31.0. The lowest BCUT2D eigenvalue weighted by atomic mass is 10.2. The molecular weight excluding hydrogens is 576 g/mol. The van der Waals surface area contributed by atoms with Gasteiger partial charge in [-0.1, -0.05) is 60.7 Å². The largest absolute Gasteiger partial charge is 0.394 e. The van der Waals surface area contributed by atoms with E-state index < -0.39 is 6.10 Å². The third-order valence-corrected chi connectivity index (χ3v) is 5.52. The smallest absolute Gasteiger partial charge is 0.104 e. The lowest BCUT2D eigenvalue weighted by Crippen LogP contribution is -2.26. The van der Waals surface area contributed by atoms with Crippen LogP contribution in [0.4, 0.5) is 0 Å². The number of hydrogen-bond acceptors (Lipinski definition) is 12. The number of aliphatic hydroxyl groups is 4. The molecule has 0 aliphatic carbocycles. The molecule has 0 radical (unpaired) electrons. The Hall–Kier alpha value is -2.04. The number of aliphatic hydroxyl groups excluding tert-OH is 4. The maximum absolute atomic E-state index is 9.69. The zero-order valence-electron chi connectivity index (χ0n) is 25.7. The molecule has 2 atom stereocenters. The molecule has 0 saturated carbocycles. The van der Waals surface area contributed by atoms with Gasteiger partial charge in [0.25, 0.3) is 0 Å². The van der Waals surface area contributed by atoms with Crippen molar-refractivity contribution in [2.75, 3.05) is 106 Å². The number of rotatable bonds is 28. The Morgan fingerprint density at radius 3 is 1.34 bits per heavy atom. The summed E-state index contributed by atoms with van der Waals surface area (Å²) in [6.45, 7) is 5.88. The van der Waals surface area contributed by atoms with Crippen LogP contribution in [0, 0.1) is 0 Å². The van der Waals surface area contributed by atoms with Gasteiger partial charge >= 0.3 is 0 Å². The van der Waals surface area contributed by atoms with Crippen molar-refractivity contribution >= 4 is 0 Å². The zero-order chi connectivity index (χ0) is 31.8. The molecule has 0 aliphatic heterocycles. The first-order valence-electron chi connectivity index (χ1n) is 14.9. The van der Waals surface area contributed by atoms with Crippen molar-refractivity contribution in [1.82, 2.24) is 0 Å². The van der Waals surface area contributed by atoms with Gasteiger partial charge in [-0.15, -0.1) is 0 Å². The molecule has 0 amide bonds. The second-order valence-electron chi connectivity index (χ2n) is 9.30. The molecule has 44 heavy (non-hydrogen) atoms. The molecule has 0 bridgehead atoms. The van der Waals surface area contributed by atoms with E-state index in [1.165, 1.54) is 0 Å². The standard InChI is InChI=1S/2C16H26O6/c17-6-7-19-8-9-20-10-11-22-16(12-18)14-21-13-15-4-2-1-3-5-15;17-6-7-19-8-9-20-10-11-21-13-16(18)14-22-12-15-4-2-1-3-5-15/h2*1-5,16-18H,6-14H2. The van der Waals surface area contributed by atoms with E-state index in [1.54, 1.807) is 0 Å². The van der Waals surface area contributed by atoms with Crippen LogP contribution in [-0.4, -0.2) is 138 Å². The van der Waals surface area contributed by atoms with Crippen LogP contribution in [0.3, 0.4) is 0 Å². The number of benzene rings is 2. The molecule has 0 aliphatic rings. The van der Waals surface area contributed by atoms with Gasteiger partial charge in [-0.05, 0) is 11.1 Å². The lowest BCUT2D eigenvalue weighted by Gasteiger charge is -2.16. The van der Waals surface area contributed by atoms with Crippen molar-refractivity contribution in [3.63, 3.8) is 0 Å². The molecule has 0 heterocycles. The number of hydrogen-bond donors (Lipinski definition) is 4. The van der Waals surface area contributed by atoms with Crippen LogP contribution in [0.5, 0.6) is 0 Å². The summed E-state index contributed by atoms with van der Waals surface area (Å²) >= 11 is 0. The molecular formula is C32H52O12. The summed E-state index contributed by atoms with van der Waals surface area (Å²) in [5, 5.41) is 35.9. The molecule has 12 nitrogen and oxygen atoms in total. The minimum atomic E-state index is -0.642. The molecule has 252 valence electrons. The molecule has 0 fully saturated rings. The normalized spacial score (nSPS) is 12.5. The highest BCUT2D eigenvalue weighted by Gasteiger charge is 2.08. The summed E-state index contributed by atoms with van der Waals surface area (Å²) < 4.78 is 42.3. The summed E-state index contributed by atoms with van der Waals surface area (Å²) in [4.78, 5) is 0. The fraction of sp³-hybridized carbons (Fsp3) is 0.625. The van der Waals surface area contributed by atoms with Crippen molar-refractivity contribution in [3.05, 3.63) is 71.8 Å². The Kier molecular flexibility index (Phi) is 28.1. The van der Waals surface area contributed by atoms with Crippen LogP contribution < -0.4 is 0 Å². The highest BCUT2D eigenvalue weighted by Crippen LogP contribution is 2.03. The van der Waals surface area contributed by atoms with Crippen molar-refractivity contribution in [1.29, 1.82) is 0 Å². The third kappa shape index (κ3) is 25.3. The van der Waals surface area contributed by atoms with E-state index in [0.29, 0.717) is 85.9 Å². The summed E-state index contributed by atoms with van der Waals surface area (Å²) in [5.41, 5.74) is 2.16. The fourth-order valence-corrected chi connectivity index (χ4v) is 3.36. The Bertz CT molecular complexity index is 830. The first-order chi connectivity index (χ1) is 21.7. The predicted molar refractivity (Wildman–Crippen MR) is 163 cm³/mol. The van der Waals surface area contributed by atoms with E-state index in [4.69, 9.17) is 48.1 Å². The molecule has 0 aromatic heterocycles. The van der Waals surface area contributed by atoms with Gasteiger partial charge in [0.2, 0.25) is 0 Å². The van der Waals surface area contributed by atoms with Crippen molar-refractivity contribution in [3.8, 4) is 0 Å². The molecule has 4 N–H and O–H groups in total. The maximum atomic E-state index is 9.69. The van der Waals surface area contributed by atoms with Gasteiger partial charge in [0.1, 0.15) is 12.2 Å². The van der Waals surface area contributed by atoms with Crippen LogP contribution >= 0.6 is 0 Å². The maximum Gasteiger partial charge on any atom is 0.104 e. The molecule has 2 unspecified atom stereocenters. The average Bonchev–Trinajstić information content (AvgIpc) is 3.05. The van der Waals surface area contributed by atoms with E-state index >= 15 is 0 Å². The van der Waals surface area contributed by atoms with Gasteiger partial charge in [-0.25, -0.2) is 0 Å². The quantitative estimate of drug-likeness (QED) is 0.100. The highest BCUT2D eigenvalue weighted by molar-refractivity contribution is 5.14. The minimum Gasteiger partial charge on any atom is -0.394 e. The number of ether oxygens (including phenoxy) is 8. The molecule has 12 heteroatoms. The molecule has 2 rings (SSSR count). The monoisotopic (exact) mass is 628 g/mol. The van der Waals surface area contributed by atoms with Gasteiger partial charge in [0.15, 0.2) is 0 Å². The van der Waals surface area contributed by atoms with Crippen LogP contribution in [0.1, 0.15) is 11.1 Å². The average molecular weight is 629 g/mol. The van der Waals surface area contributed by atoms with Gasteiger partial charge in [-0.3, -0.25) is 0 Å². The first-order valence-corrected chi connectivity index (χ1v) is 14.9.